The molecule has 1 atom stereocenters. The zero-order chi connectivity index (χ0) is 13.6. The van der Waals surface area contributed by atoms with Crippen LogP contribution >= 0.6 is 0 Å². The summed E-state index contributed by atoms with van der Waals surface area (Å²) in [6.45, 7) is 2.73. The molecule has 100 valence electrons. The molecule has 0 aliphatic heterocycles. The van der Waals surface area contributed by atoms with Crippen LogP contribution in [0.5, 0.6) is 0 Å². The Morgan fingerprint density at radius 1 is 1.35 bits per heavy atom. The lowest BCUT2D eigenvalue weighted by atomic mass is 10.1. The maximum absolute atomic E-state index is 12.2. The predicted octanol–water partition coefficient (Wildman–Crippen LogP) is 1.60. The topological polar surface area (TPSA) is 46.6 Å². The van der Waals surface area contributed by atoms with Crippen molar-refractivity contribution in [2.24, 2.45) is 5.92 Å². The third-order valence-corrected chi connectivity index (χ3v) is 2.12. The molecule has 0 radical (unpaired) electrons. The fourth-order valence-corrected chi connectivity index (χ4v) is 1.33. The maximum atomic E-state index is 12.2. The Morgan fingerprint density at radius 2 is 1.88 bits per heavy atom. The Morgan fingerprint density at radius 3 is 2.24 bits per heavy atom. The van der Waals surface area contributed by atoms with Crippen molar-refractivity contribution in [2.45, 2.75) is 26.4 Å². The van der Waals surface area contributed by atoms with Gasteiger partial charge in [-0.25, -0.2) is 0 Å². The van der Waals surface area contributed by atoms with Gasteiger partial charge in [0.1, 0.15) is 0 Å². The van der Waals surface area contributed by atoms with Crippen molar-refractivity contribution < 1.29 is 27.5 Å². The van der Waals surface area contributed by atoms with Crippen LogP contribution in [-0.2, 0) is 14.3 Å². The van der Waals surface area contributed by atoms with Gasteiger partial charge in [0.2, 0.25) is 0 Å². The van der Waals surface area contributed by atoms with E-state index in [0.29, 0.717) is 11.3 Å². The van der Waals surface area contributed by atoms with E-state index in [9.17, 15) is 22.8 Å². The number of carbonyl (C=O) groups excluding carboxylic acids is 2. The number of hydrogen-bond donors (Lipinski definition) is 0. The molecular weight excluding hydrogens is 239 g/mol. The minimum Gasteiger partial charge on any atom is -0.469 e. The highest BCUT2D eigenvalue weighted by Gasteiger charge is 2.42. The summed E-state index contributed by atoms with van der Waals surface area (Å²) >= 11 is 0. The standard InChI is InChI=1S/C10H16F3NO3/c1-4-5-14(9(16)10(11,12)13)6-7(2)8(15)17-3/h7H,4-6H2,1-3H3. The first-order valence-corrected chi connectivity index (χ1v) is 5.18. The van der Waals surface area contributed by atoms with Crippen molar-refractivity contribution in [1.82, 2.24) is 4.90 Å². The second-order valence-electron chi connectivity index (χ2n) is 3.67. The van der Waals surface area contributed by atoms with Crippen LogP contribution in [0.1, 0.15) is 20.3 Å². The number of hydrogen-bond acceptors (Lipinski definition) is 3. The quantitative estimate of drug-likeness (QED) is 0.701. The van der Waals surface area contributed by atoms with Crippen molar-refractivity contribution >= 4 is 11.9 Å². The van der Waals surface area contributed by atoms with Crippen LogP contribution < -0.4 is 0 Å². The molecule has 4 nitrogen and oxygen atoms in total. The molecular formula is C10H16F3NO3. The number of ether oxygens (including phenoxy) is 1. The molecule has 0 aromatic rings. The summed E-state index contributed by atoms with van der Waals surface area (Å²) in [4.78, 5) is 22.8. The molecule has 0 aromatic heterocycles. The summed E-state index contributed by atoms with van der Waals surface area (Å²) in [5.41, 5.74) is 0. The summed E-state index contributed by atoms with van der Waals surface area (Å²) in [5, 5.41) is 0. The van der Waals surface area contributed by atoms with Gasteiger partial charge in [-0.3, -0.25) is 9.59 Å². The zero-order valence-electron chi connectivity index (χ0n) is 10.0. The van der Waals surface area contributed by atoms with E-state index in [1.165, 1.54) is 6.92 Å². The first kappa shape index (κ1) is 15.7. The van der Waals surface area contributed by atoms with Gasteiger partial charge in [-0.15, -0.1) is 0 Å². The molecule has 7 heteroatoms. The Balaban J connectivity index is 4.65. The third kappa shape index (κ3) is 5.06. The monoisotopic (exact) mass is 255 g/mol. The van der Waals surface area contributed by atoms with E-state index in [-0.39, 0.29) is 13.1 Å². The Hall–Kier alpha value is -1.27. The number of esters is 1. The number of amides is 1. The Labute approximate surface area is 97.7 Å². The van der Waals surface area contributed by atoms with Gasteiger partial charge in [-0.2, -0.15) is 13.2 Å². The lowest BCUT2D eigenvalue weighted by molar-refractivity contribution is -0.186. The molecule has 0 bridgehead atoms. The number of methoxy groups -OCH3 is 1. The molecule has 0 saturated carbocycles. The first-order valence-electron chi connectivity index (χ1n) is 5.18. The van der Waals surface area contributed by atoms with Crippen molar-refractivity contribution in [1.29, 1.82) is 0 Å². The van der Waals surface area contributed by atoms with E-state index in [4.69, 9.17) is 0 Å². The smallest absolute Gasteiger partial charge is 0.469 e. The second kappa shape index (κ2) is 6.46. The highest BCUT2D eigenvalue weighted by Crippen LogP contribution is 2.19. The predicted molar refractivity (Wildman–Crippen MR) is 54.1 cm³/mol. The number of alkyl halides is 3. The number of rotatable bonds is 5. The van der Waals surface area contributed by atoms with E-state index >= 15 is 0 Å². The van der Waals surface area contributed by atoms with Gasteiger partial charge in [0, 0.05) is 13.1 Å². The van der Waals surface area contributed by atoms with Crippen molar-refractivity contribution in [3.63, 3.8) is 0 Å². The average molecular weight is 255 g/mol. The molecule has 1 amide bonds. The number of carbonyl (C=O) groups is 2. The minimum absolute atomic E-state index is 0.0420. The van der Waals surface area contributed by atoms with Gasteiger partial charge < -0.3 is 9.64 Å². The van der Waals surface area contributed by atoms with E-state index in [1.807, 2.05) is 0 Å². The molecule has 0 spiro atoms. The summed E-state index contributed by atoms with van der Waals surface area (Å²) in [7, 11) is 1.15. The molecule has 0 saturated heterocycles. The molecule has 1 unspecified atom stereocenters. The van der Waals surface area contributed by atoms with Crippen LogP contribution in [0.2, 0.25) is 0 Å². The Bertz CT molecular complexity index is 278. The first-order chi connectivity index (χ1) is 7.73. The van der Waals surface area contributed by atoms with E-state index in [2.05, 4.69) is 4.74 Å². The van der Waals surface area contributed by atoms with Crippen molar-refractivity contribution in [3.05, 3.63) is 0 Å². The fourth-order valence-electron chi connectivity index (χ4n) is 1.33. The molecule has 0 aliphatic carbocycles. The van der Waals surface area contributed by atoms with Gasteiger partial charge in [0.15, 0.2) is 0 Å². The van der Waals surface area contributed by atoms with E-state index in [1.54, 1.807) is 6.92 Å². The number of halogens is 3. The van der Waals surface area contributed by atoms with Gasteiger partial charge in [0.25, 0.3) is 0 Å². The zero-order valence-corrected chi connectivity index (χ0v) is 10.0. The lowest BCUT2D eigenvalue weighted by Gasteiger charge is -2.25. The van der Waals surface area contributed by atoms with Crippen LogP contribution in [0.4, 0.5) is 13.2 Å². The molecule has 0 heterocycles. The van der Waals surface area contributed by atoms with Gasteiger partial charge in [-0.1, -0.05) is 13.8 Å². The summed E-state index contributed by atoms with van der Waals surface area (Å²) in [6, 6.07) is 0. The normalized spacial score (nSPS) is 13.1. The van der Waals surface area contributed by atoms with Crippen LogP contribution in [0, 0.1) is 5.92 Å². The summed E-state index contributed by atoms with van der Waals surface area (Å²) in [5.74, 6) is -3.34. The largest absolute Gasteiger partial charge is 0.471 e. The van der Waals surface area contributed by atoms with Gasteiger partial charge in [-0.05, 0) is 6.42 Å². The minimum atomic E-state index is -4.91. The molecule has 0 aromatic carbocycles. The second-order valence-corrected chi connectivity index (χ2v) is 3.67. The molecule has 0 rings (SSSR count). The Kier molecular flexibility index (Phi) is 5.98. The summed E-state index contributed by atoms with van der Waals surface area (Å²) < 4.78 is 41.1. The maximum Gasteiger partial charge on any atom is 0.471 e. The van der Waals surface area contributed by atoms with E-state index < -0.39 is 24.0 Å². The van der Waals surface area contributed by atoms with Crippen LogP contribution in [0.15, 0.2) is 0 Å². The molecule has 0 fully saturated rings. The lowest BCUT2D eigenvalue weighted by Crippen LogP contribution is -2.44. The van der Waals surface area contributed by atoms with Gasteiger partial charge in [0.05, 0.1) is 13.0 Å². The van der Waals surface area contributed by atoms with Crippen molar-refractivity contribution in [3.8, 4) is 0 Å². The molecule has 17 heavy (non-hydrogen) atoms. The van der Waals surface area contributed by atoms with Gasteiger partial charge >= 0.3 is 18.1 Å². The molecule has 0 N–H and O–H groups in total. The number of nitrogens with zero attached hydrogens (tertiary/aromatic N) is 1. The fraction of sp³-hybridized carbons (Fsp3) is 0.800. The SMILES string of the molecule is CCCN(CC(C)C(=O)OC)C(=O)C(F)(F)F. The molecule has 0 aliphatic rings. The van der Waals surface area contributed by atoms with Crippen LogP contribution in [0.25, 0.3) is 0 Å². The highest BCUT2D eigenvalue weighted by molar-refractivity contribution is 5.82. The highest BCUT2D eigenvalue weighted by atomic mass is 19.4. The summed E-state index contributed by atoms with van der Waals surface area (Å²) in [6.07, 6.45) is -4.53. The van der Waals surface area contributed by atoms with Crippen LogP contribution in [0.3, 0.4) is 0 Å². The average Bonchev–Trinajstić information content (AvgIpc) is 2.24. The van der Waals surface area contributed by atoms with Crippen LogP contribution in [-0.4, -0.2) is 43.2 Å². The van der Waals surface area contributed by atoms with E-state index in [0.717, 1.165) is 7.11 Å². The van der Waals surface area contributed by atoms with Crippen molar-refractivity contribution in [2.75, 3.05) is 20.2 Å². The third-order valence-electron chi connectivity index (χ3n) is 2.12.